The smallest absolute Gasteiger partial charge is 0.251 e. The molecule has 1 aromatic heterocycles. The van der Waals surface area contributed by atoms with Crippen LogP contribution in [0.2, 0.25) is 0 Å². The number of carbonyl (C=O) groups excluding carboxylic acids is 1. The number of aryl methyl sites for hydroxylation is 1. The first-order valence-corrected chi connectivity index (χ1v) is 9.68. The van der Waals surface area contributed by atoms with Crippen LogP contribution in [0.15, 0.2) is 24.3 Å². The van der Waals surface area contributed by atoms with Crippen LogP contribution in [0.3, 0.4) is 0 Å². The van der Waals surface area contributed by atoms with E-state index in [4.69, 9.17) is 14.7 Å². The van der Waals surface area contributed by atoms with E-state index in [2.05, 4.69) is 5.32 Å². The first-order chi connectivity index (χ1) is 13.1. The van der Waals surface area contributed by atoms with Crippen LogP contribution in [0.25, 0.3) is 11.3 Å². The number of nitrogens with zero attached hydrogens (tertiary/aromatic N) is 3. The van der Waals surface area contributed by atoms with Crippen LogP contribution in [0.1, 0.15) is 40.9 Å². The zero-order valence-corrected chi connectivity index (χ0v) is 16.0. The van der Waals surface area contributed by atoms with Crippen LogP contribution < -0.4 is 10.2 Å². The van der Waals surface area contributed by atoms with Crippen molar-refractivity contribution in [1.29, 1.82) is 0 Å². The Morgan fingerprint density at radius 1 is 1.15 bits per heavy atom. The quantitative estimate of drug-likeness (QED) is 0.901. The molecule has 1 unspecified atom stereocenters. The molecule has 6 heteroatoms. The number of anilines is 1. The van der Waals surface area contributed by atoms with Gasteiger partial charge in [0, 0.05) is 43.1 Å². The third kappa shape index (κ3) is 3.81. The summed E-state index contributed by atoms with van der Waals surface area (Å²) in [7, 11) is 3.93. The molecule has 2 heterocycles. The van der Waals surface area contributed by atoms with Crippen LogP contribution in [-0.4, -0.2) is 49.2 Å². The highest BCUT2D eigenvalue weighted by Crippen LogP contribution is 2.31. The molecule has 0 saturated carbocycles. The van der Waals surface area contributed by atoms with Crippen LogP contribution >= 0.6 is 0 Å². The number of benzene rings is 1. The molecular formula is C21H26N4O2. The van der Waals surface area contributed by atoms with E-state index < -0.39 is 0 Å². The molecule has 142 valence electrons. The highest BCUT2D eigenvalue weighted by atomic mass is 16.5. The number of amides is 1. The van der Waals surface area contributed by atoms with E-state index in [0.717, 1.165) is 48.8 Å². The average Bonchev–Trinajstić information content (AvgIpc) is 3.20. The number of hydrogen-bond donors (Lipinski definition) is 1. The van der Waals surface area contributed by atoms with E-state index in [0.29, 0.717) is 12.2 Å². The van der Waals surface area contributed by atoms with Gasteiger partial charge in [-0.1, -0.05) is 12.1 Å². The Balaban J connectivity index is 1.61. The maximum Gasteiger partial charge on any atom is 0.251 e. The lowest BCUT2D eigenvalue weighted by Crippen LogP contribution is -2.34. The summed E-state index contributed by atoms with van der Waals surface area (Å²) in [6.45, 7) is 1.32. The van der Waals surface area contributed by atoms with Gasteiger partial charge in [-0.05, 0) is 44.2 Å². The van der Waals surface area contributed by atoms with Crippen LogP contribution in [0, 0.1) is 0 Å². The van der Waals surface area contributed by atoms with Gasteiger partial charge in [0.1, 0.15) is 0 Å². The molecule has 1 aliphatic heterocycles. The minimum absolute atomic E-state index is 0.0456. The molecule has 1 N–H and O–H groups in total. The number of ether oxygens (including phenoxy) is 1. The van der Waals surface area contributed by atoms with Gasteiger partial charge < -0.3 is 15.0 Å². The molecule has 0 radical (unpaired) electrons. The first-order valence-electron chi connectivity index (χ1n) is 9.68. The largest absolute Gasteiger partial charge is 0.379 e. The Labute approximate surface area is 160 Å². The van der Waals surface area contributed by atoms with Crippen LogP contribution in [-0.2, 0) is 17.6 Å². The summed E-state index contributed by atoms with van der Waals surface area (Å²) in [4.78, 5) is 23.9. The summed E-state index contributed by atoms with van der Waals surface area (Å²) in [5, 5.41) is 3.03. The van der Waals surface area contributed by atoms with Crippen molar-refractivity contribution < 1.29 is 9.53 Å². The number of nitrogens with one attached hydrogen (secondary N) is 1. The lowest BCUT2D eigenvalue weighted by Gasteiger charge is -2.21. The second-order valence-electron chi connectivity index (χ2n) is 7.51. The minimum Gasteiger partial charge on any atom is -0.379 e. The van der Waals surface area contributed by atoms with Gasteiger partial charge in [-0.2, -0.15) is 0 Å². The topological polar surface area (TPSA) is 67.4 Å². The summed E-state index contributed by atoms with van der Waals surface area (Å²) in [6, 6.07) is 7.88. The van der Waals surface area contributed by atoms with E-state index in [-0.39, 0.29) is 11.9 Å². The number of fused-ring (bicyclic) bond motifs is 1. The molecule has 4 rings (SSSR count). The summed E-state index contributed by atoms with van der Waals surface area (Å²) >= 11 is 0. The number of aromatic nitrogens is 2. The fourth-order valence-electron chi connectivity index (χ4n) is 3.72. The van der Waals surface area contributed by atoms with Gasteiger partial charge in [-0.25, -0.2) is 9.97 Å². The molecule has 6 nitrogen and oxygen atoms in total. The number of carbonyl (C=O) groups is 1. The van der Waals surface area contributed by atoms with E-state index in [1.54, 1.807) is 0 Å². The van der Waals surface area contributed by atoms with Gasteiger partial charge in [-0.15, -0.1) is 0 Å². The Kier molecular flexibility index (Phi) is 5.07. The molecule has 0 spiro atoms. The van der Waals surface area contributed by atoms with Gasteiger partial charge in [0.25, 0.3) is 5.91 Å². The molecule has 1 amide bonds. The van der Waals surface area contributed by atoms with Crippen molar-refractivity contribution >= 4 is 11.9 Å². The van der Waals surface area contributed by atoms with Crippen LogP contribution in [0.5, 0.6) is 0 Å². The number of rotatable bonds is 4. The normalized spacial score (nSPS) is 18.8. The zero-order valence-electron chi connectivity index (χ0n) is 16.0. The van der Waals surface area contributed by atoms with Gasteiger partial charge in [0.05, 0.1) is 18.3 Å². The highest BCUT2D eigenvalue weighted by Gasteiger charge is 2.21. The molecule has 1 fully saturated rings. The molecular weight excluding hydrogens is 340 g/mol. The highest BCUT2D eigenvalue weighted by molar-refractivity contribution is 5.94. The van der Waals surface area contributed by atoms with Crippen molar-refractivity contribution in [2.75, 3.05) is 32.2 Å². The maximum absolute atomic E-state index is 12.4. The third-order valence-corrected chi connectivity index (χ3v) is 5.26. The molecule has 1 saturated heterocycles. The van der Waals surface area contributed by atoms with Crippen molar-refractivity contribution in [2.24, 2.45) is 0 Å². The summed E-state index contributed by atoms with van der Waals surface area (Å²) in [5.41, 5.74) is 5.13. The molecule has 1 atom stereocenters. The van der Waals surface area contributed by atoms with E-state index in [1.807, 2.05) is 43.3 Å². The maximum atomic E-state index is 12.4. The summed E-state index contributed by atoms with van der Waals surface area (Å²) in [6.07, 6.45) is 5.26. The predicted molar refractivity (Wildman–Crippen MR) is 105 cm³/mol. The third-order valence-electron chi connectivity index (χ3n) is 5.26. The van der Waals surface area contributed by atoms with Crippen molar-refractivity contribution in [1.82, 2.24) is 15.3 Å². The standard InChI is InChI=1S/C21H26N4O2/c1-25(2)21-23-18-6-4-3-5-17(18)19(24-21)14-7-9-15(10-8-14)20(26)22-16-11-12-27-13-16/h7-10,16H,3-6,11-13H2,1-2H3,(H,22,26). The lowest BCUT2D eigenvalue weighted by molar-refractivity contribution is 0.0930. The Hall–Kier alpha value is -2.47. The fraction of sp³-hybridized carbons (Fsp3) is 0.476. The van der Waals surface area contributed by atoms with Gasteiger partial charge >= 0.3 is 0 Å². The van der Waals surface area contributed by atoms with E-state index in [1.165, 1.54) is 18.4 Å². The molecule has 2 aromatic rings. The Morgan fingerprint density at radius 2 is 1.93 bits per heavy atom. The van der Waals surface area contributed by atoms with Crippen LogP contribution in [0.4, 0.5) is 5.95 Å². The molecule has 1 aliphatic carbocycles. The average molecular weight is 366 g/mol. The molecule has 0 bridgehead atoms. The fourth-order valence-corrected chi connectivity index (χ4v) is 3.72. The molecule has 27 heavy (non-hydrogen) atoms. The number of hydrogen-bond acceptors (Lipinski definition) is 5. The second kappa shape index (κ2) is 7.64. The second-order valence-corrected chi connectivity index (χ2v) is 7.51. The minimum atomic E-state index is -0.0456. The summed E-state index contributed by atoms with van der Waals surface area (Å²) < 4.78 is 5.32. The molecule has 1 aromatic carbocycles. The van der Waals surface area contributed by atoms with Crippen molar-refractivity contribution in [3.63, 3.8) is 0 Å². The van der Waals surface area contributed by atoms with Crippen molar-refractivity contribution in [3.05, 3.63) is 41.1 Å². The Bertz CT molecular complexity index is 827. The predicted octanol–water partition coefficient (Wildman–Crippen LogP) is 2.61. The van der Waals surface area contributed by atoms with Crippen molar-refractivity contribution in [2.45, 2.75) is 38.1 Å². The molecule has 2 aliphatic rings. The van der Waals surface area contributed by atoms with Crippen molar-refractivity contribution in [3.8, 4) is 11.3 Å². The lowest BCUT2D eigenvalue weighted by atomic mass is 9.92. The van der Waals surface area contributed by atoms with Gasteiger partial charge in [-0.3, -0.25) is 4.79 Å². The monoisotopic (exact) mass is 366 g/mol. The van der Waals surface area contributed by atoms with E-state index >= 15 is 0 Å². The zero-order chi connectivity index (χ0) is 18.8. The van der Waals surface area contributed by atoms with Gasteiger partial charge in [0.15, 0.2) is 0 Å². The summed E-state index contributed by atoms with van der Waals surface area (Å²) in [5.74, 6) is 0.699. The van der Waals surface area contributed by atoms with E-state index in [9.17, 15) is 4.79 Å². The Morgan fingerprint density at radius 3 is 2.63 bits per heavy atom. The SMILES string of the molecule is CN(C)c1nc2c(c(-c3ccc(C(=O)NC4CCOC4)cc3)n1)CCCC2. The first kappa shape index (κ1) is 17.9. The van der Waals surface area contributed by atoms with Gasteiger partial charge in [0.2, 0.25) is 5.95 Å².